The number of nitrogens with one attached hydrogen (secondary N) is 1. The first kappa shape index (κ1) is 27.8. The molecule has 4 aromatic rings. The lowest BCUT2D eigenvalue weighted by Crippen LogP contribution is -2.16. The Kier molecular flexibility index (Phi) is 9.31. The zero-order valence-electron chi connectivity index (χ0n) is 21.1. The minimum Gasteiger partial charge on any atom is -0.355 e. The smallest absolute Gasteiger partial charge is 0.331 e. The van der Waals surface area contributed by atoms with Crippen LogP contribution in [0.25, 0.3) is 23.1 Å². The van der Waals surface area contributed by atoms with Gasteiger partial charge in [0.15, 0.2) is 5.78 Å². The van der Waals surface area contributed by atoms with Crippen molar-refractivity contribution in [2.75, 3.05) is 5.75 Å². The van der Waals surface area contributed by atoms with Crippen LogP contribution in [-0.2, 0) is 9.63 Å². The zero-order valence-corrected chi connectivity index (χ0v) is 22.7. The summed E-state index contributed by atoms with van der Waals surface area (Å²) in [5.41, 5.74) is 3.32. The van der Waals surface area contributed by atoms with Gasteiger partial charge in [0.25, 0.3) is 0 Å². The molecular formula is C31H25ClN2O4S. The van der Waals surface area contributed by atoms with Gasteiger partial charge in [-0.25, -0.2) is 4.79 Å². The number of thioether (sulfide) groups is 1. The summed E-state index contributed by atoms with van der Waals surface area (Å²) in [6.45, 7) is 5.10. The topological polar surface area (TPSA) is 88.6 Å². The van der Waals surface area contributed by atoms with Crippen molar-refractivity contribution in [3.8, 4) is 0 Å². The number of hydrogen-bond donors (Lipinski definition) is 1. The number of ketones is 2. The Bertz CT molecular complexity index is 1590. The second kappa shape index (κ2) is 13.0. The van der Waals surface area contributed by atoms with Gasteiger partial charge >= 0.3 is 5.97 Å². The van der Waals surface area contributed by atoms with Gasteiger partial charge in [-0.05, 0) is 60.7 Å². The summed E-state index contributed by atoms with van der Waals surface area (Å²) in [6.07, 6.45) is 5.16. The van der Waals surface area contributed by atoms with Gasteiger partial charge in [-0.1, -0.05) is 53.7 Å². The van der Waals surface area contributed by atoms with Crippen LogP contribution in [0.15, 0.2) is 95.5 Å². The van der Waals surface area contributed by atoms with Crippen LogP contribution in [0.3, 0.4) is 0 Å². The molecule has 0 aliphatic heterocycles. The number of hydrogen-bond acceptors (Lipinski definition) is 6. The fourth-order valence-corrected chi connectivity index (χ4v) is 4.84. The second-order valence-corrected chi connectivity index (χ2v) is 10.1. The van der Waals surface area contributed by atoms with Gasteiger partial charge in [-0.15, -0.1) is 11.8 Å². The lowest BCUT2D eigenvalue weighted by atomic mass is 10.0. The summed E-state index contributed by atoms with van der Waals surface area (Å²) in [5.74, 6) is -0.568. The third kappa shape index (κ3) is 7.22. The molecule has 0 radical (unpaired) electrons. The van der Waals surface area contributed by atoms with E-state index in [1.807, 2.05) is 30.3 Å². The molecule has 0 spiro atoms. The summed E-state index contributed by atoms with van der Waals surface area (Å²) < 4.78 is 0. The largest absolute Gasteiger partial charge is 0.355 e. The molecule has 6 nitrogen and oxygen atoms in total. The standard InChI is InChI=1S/C31H25ClN2O4S/c1-3-27-25(14-16-30(36)21-7-5-4-6-8-21)26-19-22(9-15-28(26)33-27)31(37)29(34-38-20(2)35)17-18-39-24-12-10-23(32)11-13-24/h3-16,19,33H,1,17-18H2,2H3. The number of halogens is 1. The Hall–Kier alpha value is -4.20. The van der Waals surface area contributed by atoms with Gasteiger partial charge in [-0.3, -0.25) is 9.59 Å². The highest BCUT2D eigenvalue weighted by atomic mass is 35.5. The Balaban J connectivity index is 1.60. The predicted molar refractivity (Wildman–Crippen MR) is 159 cm³/mol. The van der Waals surface area contributed by atoms with E-state index in [-0.39, 0.29) is 23.7 Å². The van der Waals surface area contributed by atoms with Crippen molar-refractivity contribution in [3.63, 3.8) is 0 Å². The number of nitrogens with zero attached hydrogens (tertiary/aromatic N) is 1. The third-order valence-corrected chi connectivity index (χ3v) is 7.03. The first-order chi connectivity index (χ1) is 18.9. The quantitative estimate of drug-likeness (QED) is 0.0512. The van der Waals surface area contributed by atoms with Gasteiger partial charge in [0.1, 0.15) is 5.71 Å². The molecule has 196 valence electrons. The highest BCUT2D eigenvalue weighted by Gasteiger charge is 2.18. The maximum atomic E-state index is 13.5. The van der Waals surface area contributed by atoms with Crippen LogP contribution in [0.4, 0.5) is 0 Å². The monoisotopic (exact) mass is 556 g/mol. The molecule has 0 aliphatic carbocycles. The van der Waals surface area contributed by atoms with Crippen LogP contribution < -0.4 is 0 Å². The molecule has 0 saturated carbocycles. The zero-order chi connectivity index (χ0) is 27.8. The van der Waals surface area contributed by atoms with E-state index in [4.69, 9.17) is 16.4 Å². The first-order valence-electron chi connectivity index (χ1n) is 12.1. The molecule has 0 fully saturated rings. The molecule has 0 bridgehead atoms. The molecule has 0 atom stereocenters. The van der Waals surface area contributed by atoms with E-state index in [0.29, 0.717) is 21.9 Å². The fraction of sp³-hybridized carbons (Fsp3) is 0.0968. The van der Waals surface area contributed by atoms with Gasteiger partial charge < -0.3 is 9.82 Å². The number of rotatable bonds is 11. The SMILES string of the molecule is C=Cc1[nH]c2ccc(C(=O)C(CCSc3ccc(Cl)cc3)=NOC(C)=O)cc2c1C=CC(=O)c1ccccc1. The summed E-state index contributed by atoms with van der Waals surface area (Å²) in [5, 5.41) is 5.25. The highest BCUT2D eigenvalue weighted by molar-refractivity contribution is 7.99. The van der Waals surface area contributed by atoms with Crippen molar-refractivity contribution in [1.29, 1.82) is 0 Å². The molecule has 1 aromatic heterocycles. The number of carbonyl (C=O) groups is 3. The average molecular weight is 557 g/mol. The van der Waals surface area contributed by atoms with Crippen molar-refractivity contribution >= 4 is 69.7 Å². The number of Topliss-reactive ketones (excluding diaryl/α,β-unsaturated/α-hetero) is 1. The average Bonchev–Trinajstić information content (AvgIpc) is 3.31. The van der Waals surface area contributed by atoms with Crippen LogP contribution in [0.1, 0.15) is 45.3 Å². The maximum Gasteiger partial charge on any atom is 0.331 e. The Morgan fingerprint density at radius 3 is 2.46 bits per heavy atom. The van der Waals surface area contributed by atoms with E-state index in [0.717, 1.165) is 27.1 Å². The van der Waals surface area contributed by atoms with Crippen LogP contribution in [0.2, 0.25) is 5.02 Å². The van der Waals surface area contributed by atoms with Crippen molar-refractivity contribution in [1.82, 2.24) is 4.98 Å². The molecule has 1 N–H and O–H groups in total. The number of carbonyl (C=O) groups excluding carboxylic acids is 3. The molecular weight excluding hydrogens is 532 g/mol. The fourth-order valence-electron chi connectivity index (χ4n) is 3.86. The Morgan fingerprint density at radius 1 is 1.03 bits per heavy atom. The molecule has 8 heteroatoms. The number of aromatic nitrogens is 1. The number of oxime groups is 1. The van der Waals surface area contributed by atoms with Crippen molar-refractivity contribution < 1.29 is 19.2 Å². The number of allylic oxidation sites excluding steroid dienone is 1. The van der Waals surface area contributed by atoms with Gasteiger partial charge in [0.05, 0.1) is 0 Å². The first-order valence-corrected chi connectivity index (χ1v) is 13.4. The maximum absolute atomic E-state index is 13.5. The second-order valence-electron chi connectivity index (χ2n) is 8.48. The van der Waals surface area contributed by atoms with E-state index in [2.05, 4.69) is 16.7 Å². The molecule has 0 unspecified atom stereocenters. The molecule has 0 amide bonds. The molecule has 4 rings (SSSR count). The van der Waals surface area contributed by atoms with Crippen LogP contribution in [-0.4, -0.2) is 34.0 Å². The molecule has 0 aliphatic rings. The van der Waals surface area contributed by atoms with E-state index in [9.17, 15) is 14.4 Å². The number of H-pyrrole nitrogens is 1. The lowest BCUT2D eigenvalue weighted by molar-refractivity contribution is -0.140. The summed E-state index contributed by atoms with van der Waals surface area (Å²) in [4.78, 5) is 46.6. The summed E-state index contributed by atoms with van der Waals surface area (Å²) in [6, 6.07) is 21.6. The molecule has 39 heavy (non-hydrogen) atoms. The van der Waals surface area contributed by atoms with E-state index < -0.39 is 5.97 Å². The van der Waals surface area contributed by atoms with Crippen molar-refractivity contribution in [3.05, 3.63) is 113 Å². The summed E-state index contributed by atoms with van der Waals surface area (Å²) in [7, 11) is 0. The van der Waals surface area contributed by atoms with Crippen LogP contribution >= 0.6 is 23.4 Å². The van der Waals surface area contributed by atoms with Crippen molar-refractivity contribution in [2.45, 2.75) is 18.2 Å². The van der Waals surface area contributed by atoms with Gasteiger partial charge in [-0.2, -0.15) is 0 Å². The number of fused-ring (bicyclic) bond motifs is 1. The molecule has 0 saturated heterocycles. The predicted octanol–water partition coefficient (Wildman–Crippen LogP) is 7.64. The Morgan fingerprint density at radius 2 is 1.77 bits per heavy atom. The van der Waals surface area contributed by atoms with Crippen LogP contribution in [0.5, 0.6) is 0 Å². The molecule has 1 heterocycles. The lowest BCUT2D eigenvalue weighted by Gasteiger charge is -2.07. The minimum atomic E-state index is -0.613. The minimum absolute atomic E-state index is 0.127. The van der Waals surface area contributed by atoms with E-state index in [1.165, 1.54) is 24.8 Å². The number of benzene rings is 3. The highest BCUT2D eigenvalue weighted by Crippen LogP contribution is 2.27. The van der Waals surface area contributed by atoms with Crippen LogP contribution in [0, 0.1) is 0 Å². The van der Waals surface area contributed by atoms with E-state index in [1.54, 1.807) is 54.6 Å². The van der Waals surface area contributed by atoms with E-state index >= 15 is 0 Å². The number of aromatic amines is 1. The van der Waals surface area contributed by atoms with Gasteiger partial charge in [0, 0.05) is 62.3 Å². The third-order valence-electron chi connectivity index (χ3n) is 5.76. The van der Waals surface area contributed by atoms with Crippen molar-refractivity contribution in [2.24, 2.45) is 5.16 Å². The Labute approximate surface area is 235 Å². The normalized spacial score (nSPS) is 11.6. The molecule has 3 aromatic carbocycles. The van der Waals surface area contributed by atoms with Gasteiger partial charge in [0.2, 0.25) is 5.78 Å². The summed E-state index contributed by atoms with van der Waals surface area (Å²) >= 11 is 7.49.